The molecule has 0 aliphatic heterocycles. The molecule has 0 N–H and O–H groups in total. The third kappa shape index (κ3) is 3.91. The lowest BCUT2D eigenvalue weighted by molar-refractivity contribution is 0.120. The van der Waals surface area contributed by atoms with E-state index in [4.69, 9.17) is 13.3 Å². The fraction of sp³-hybridized carbons (Fsp3) is 1.00. The average molecular weight is 296 g/mol. The van der Waals surface area contributed by atoms with Gasteiger partial charge in [-0.2, -0.15) is 0 Å². The minimum Gasteiger partial charge on any atom is -0.376 e. The van der Waals surface area contributed by atoms with Gasteiger partial charge in [-0.25, -0.2) is 0 Å². The molecular formula is C12H29O4PSi. The second kappa shape index (κ2) is 8.49. The van der Waals surface area contributed by atoms with Gasteiger partial charge in [0.15, 0.2) is 0 Å². The van der Waals surface area contributed by atoms with E-state index in [1.54, 1.807) is 21.3 Å². The van der Waals surface area contributed by atoms with E-state index in [2.05, 4.69) is 13.8 Å². The van der Waals surface area contributed by atoms with Crippen molar-refractivity contribution in [1.29, 1.82) is 0 Å². The number of rotatable bonds is 10. The minimum atomic E-state index is -2.82. The van der Waals surface area contributed by atoms with E-state index in [0.717, 1.165) is 31.6 Å². The molecule has 0 spiro atoms. The van der Waals surface area contributed by atoms with Crippen molar-refractivity contribution >= 4 is 15.9 Å². The van der Waals surface area contributed by atoms with Crippen molar-refractivity contribution in [1.82, 2.24) is 0 Å². The maximum absolute atomic E-state index is 13.3. The Bertz CT molecular complexity index is 251. The second-order valence-corrected chi connectivity index (χ2v) is 11.6. The van der Waals surface area contributed by atoms with Crippen LogP contribution in [0, 0.1) is 0 Å². The highest BCUT2D eigenvalue weighted by atomic mass is 31.2. The first-order valence-corrected chi connectivity index (χ1v) is 10.7. The van der Waals surface area contributed by atoms with Crippen LogP contribution in [0.4, 0.5) is 0 Å². The van der Waals surface area contributed by atoms with E-state index in [0.29, 0.717) is 0 Å². The quantitative estimate of drug-likeness (QED) is 0.458. The van der Waals surface area contributed by atoms with Crippen molar-refractivity contribution in [2.24, 2.45) is 0 Å². The number of hydrogen-bond donors (Lipinski definition) is 0. The first kappa shape index (κ1) is 18.3. The molecule has 0 aromatic rings. The molecule has 0 fully saturated rings. The second-order valence-electron chi connectivity index (χ2n) is 4.54. The lowest BCUT2D eigenvalue weighted by Gasteiger charge is -2.36. The van der Waals surface area contributed by atoms with Gasteiger partial charge >= 0.3 is 8.80 Å². The van der Waals surface area contributed by atoms with Gasteiger partial charge in [0.05, 0.1) is 12.4 Å². The maximum atomic E-state index is 13.3. The van der Waals surface area contributed by atoms with Gasteiger partial charge in [-0.15, -0.1) is 0 Å². The van der Waals surface area contributed by atoms with Crippen LogP contribution in [-0.4, -0.2) is 47.7 Å². The lowest BCUT2D eigenvalue weighted by atomic mass is 10.6. The molecule has 0 aromatic heterocycles. The molecule has 0 amide bonds. The zero-order valence-electron chi connectivity index (χ0n) is 12.7. The normalized spacial score (nSPS) is 14.8. The Kier molecular flexibility index (Phi) is 8.64. The van der Waals surface area contributed by atoms with Crippen LogP contribution in [0.15, 0.2) is 0 Å². The molecule has 0 aromatic carbocycles. The summed E-state index contributed by atoms with van der Waals surface area (Å²) in [6.07, 6.45) is 4.14. The van der Waals surface area contributed by atoms with Crippen molar-refractivity contribution in [3.05, 3.63) is 0 Å². The first-order chi connectivity index (χ1) is 8.50. The third-order valence-corrected chi connectivity index (χ3v) is 12.6. The molecule has 1 atom stereocenters. The molecule has 0 aliphatic rings. The molecule has 18 heavy (non-hydrogen) atoms. The molecule has 4 nitrogen and oxygen atoms in total. The van der Waals surface area contributed by atoms with Crippen molar-refractivity contribution < 1.29 is 17.8 Å². The lowest BCUT2D eigenvalue weighted by Crippen LogP contribution is -2.54. The van der Waals surface area contributed by atoms with Crippen LogP contribution in [0.5, 0.6) is 0 Å². The Morgan fingerprint density at radius 3 is 1.56 bits per heavy atom. The molecule has 0 aliphatic carbocycles. The Balaban J connectivity index is 5.40. The van der Waals surface area contributed by atoms with Crippen LogP contribution >= 0.6 is 7.14 Å². The molecule has 0 saturated heterocycles. The van der Waals surface area contributed by atoms with Gasteiger partial charge in [0.2, 0.25) is 0 Å². The van der Waals surface area contributed by atoms with Gasteiger partial charge in [0.1, 0.15) is 0 Å². The van der Waals surface area contributed by atoms with Gasteiger partial charge in [0.25, 0.3) is 0 Å². The van der Waals surface area contributed by atoms with Gasteiger partial charge in [0, 0.05) is 33.7 Å². The fourth-order valence-corrected chi connectivity index (χ4v) is 11.6. The summed E-state index contributed by atoms with van der Waals surface area (Å²) in [5.41, 5.74) is 0. The standard InChI is InChI=1S/C12H29O4PSi/c1-7-10-17(13,11-8-2)12(9-3)18(14-4,15-5)16-6/h12H,7-11H2,1-6H3. The number of hydrogen-bond acceptors (Lipinski definition) is 4. The Hall–Kier alpha value is 0.327. The summed E-state index contributed by atoms with van der Waals surface area (Å²) in [7, 11) is -0.330. The minimum absolute atomic E-state index is 0.0788. The highest BCUT2D eigenvalue weighted by Crippen LogP contribution is 2.56. The van der Waals surface area contributed by atoms with Crippen LogP contribution in [0.2, 0.25) is 0 Å². The summed E-state index contributed by atoms with van der Waals surface area (Å²) < 4.78 is 29.9. The van der Waals surface area contributed by atoms with Crippen LogP contribution in [0.1, 0.15) is 40.0 Å². The topological polar surface area (TPSA) is 44.8 Å². The molecule has 0 bridgehead atoms. The van der Waals surface area contributed by atoms with Crippen LogP contribution in [-0.2, 0) is 17.8 Å². The van der Waals surface area contributed by atoms with Gasteiger partial charge in [-0.1, -0.05) is 20.8 Å². The molecule has 110 valence electrons. The summed E-state index contributed by atoms with van der Waals surface area (Å²) in [5, 5.41) is -0.0788. The zero-order chi connectivity index (χ0) is 14.2. The molecule has 1 unspecified atom stereocenters. The van der Waals surface area contributed by atoms with E-state index in [1.807, 2.05) is 6.92 Å². The van der Waals surface area contributed by atoms with Crippen molar-refractivity contribution in [3.8, 4) is 0 Å². The Morgan fingerprint density at radius 1 is 0.944 bits per heavy atom. The Labute approximate surface area is 113 Å². The monoisotopic (exact) mass is 296 g/mol. The van der Waals surface area contributed by atoms with E-state index in [9.17, 15) is 4.57 Å². The largest absolute Gasteiger partial charge is 0.511 e. The molecule has 0 rings (SSSR count). The van der Waals surface area contributed by atoms with Crippen LogP contribution in [0.3, 0.4) is 0 Å². The fourth-order valence-electron chi connectivity index (χ4n) is 2.71. The SMILES string of the molecule is CCCP(=O)(CCC)C(CC)[Si](OC)(OC)OC. The average Bonchev–Trinajstić information content (AvgIpc) is 2.36. The van der Waals surface area contributed by atoms with Crippen molar-refractivity contribution in [2.75, 3.05) is 33.7 Å². The van der Waals surface area contributed by atoms with E-state index in [1.165, 1.54) is 0 Å². The molecular weight excluding hydrogens is 267 g/mol. The summed E-state index contributed by atoms with van der Waals surface area (Å²) in [6, 6.07) is 0. The van der Waals surface area contributed by atoms with Crippen molar-refractivity contribution in [2.45, 2.75) is 45.3 Å². The van der Waals surface area contributed by atoms with Crippen molar-refractivity contribution in [3.63, 3.8) is 0 Å². The van der Waals surface area contributed by atoms with E-state index >= 15 is 0 Å². The van der Waals surface area contributed by atoms with Crippen LogP contribution in [0.25, 0.3) is 0 Å². The van der Waals surface area contributed by atoms with Gasteiger partial charge in [-0.3, -0.25) is 0 Å². The zero-order valence-corrected chi connectivity index (χ0v) is 14.6. The first-order valence-electron chi connectivity index (χ1n) is 6.73. The maximum Gasteiger partial charge on any atom is 0.511 e. The third-order valence-electron chi connectivity index (χ3n) is 3.42. The molecule has 6 heteroatoms. The van der Waals surface area contributed by atoms with E-state index in [-0.39, 0.29) is 5.28 Å². The van der Waals surface area contributed by atoms with Gasteiger partial charge in [-0.05, 0) is 19.3 Å². The van der Waals surface area contributed by atoms with Crippen LogP contribution < -0.4 is 0 Å². The van der Waals surface area contributed by atoms with E-state index < -0.39 is 15.9 Å². The summed E-state index contributed by atoms with van der Waals surface area (Å²) >= 11 is 0. The molecule has 0 saturated carbocycles. The van der Waals surface area contributed by atoms with Gasteiger partial charge < -0.3 is 17.8 Å². The summed E-state index contributed by atoms with van der Waals surface area (Å²) in [6.45, 7) is 6.19. The smallest absolute Gasteiger partial charge is 0.376 e. The highest BCUT2D eigenvalue weighted by Gasteiger charge is 2.54. The molecule has 0 radical (unpaired) electrons. The summed E-state index contributed by atoms with van der Waals surface area (Å²) in [4.78, 5) is 0. The predicted molar refractivity (Wildman–Crippen MR) is 78.8 cm³/mol. The predicted octanol–water partition coefficient (Wildman–Crippen LogP) is 3.37. The highest BCUT2D eigenvalue weighted by molar-refractivity contribution is 7.67. The molecule has 0 heterocycles. The summed E-state index contributed by atoms with van der Waals surface area (Å²) in [5.74, 6) is 0. The Morgan fingerprint density at radius 2 is 1.33 bits per heavy atom.